The summed E-state index contributed by atoms with van der Waals surface area (Å²) in [7, 11) is 0. The van der Waals surface area contributed by atoms with Gasteiger partial charge in [0.25, 0.3) is 0 Å². The van der Waals surface area contributed by atoms with E-state index in [4.69, 9.17) is 40.9 Å². The molecule has 0 fully saturated rings. The van der Waals surface area contributed by atoms with E-state index in [1.807, 2.05) is 6.92 Å². The van der Waals surface area contributed by atoms with Crippen LogP contribution >= 0.6 is 0 Å². The largest absolute Gasteiger partial charge is 0.396 e. The second kappa shape index (κ2) is 22.7. The summed E-state index contributed by atoms with van der Waals surface area (Å²) >= 11 is 0. The highest BCUT2D eigenvalue weighted by Gasteiger charge is 2.24. The van der Waals surface area contributed by atoms with Crippen LogP contribution in [0.5, 0.6) is 0 Å². The first kappa shape index (κ1) is 28.5. The second-order valence-electron chi connectivity index (χ2n) is 5.56. The standard InChI is InChI=1S/C7H16O2.C6H14O3.C3H8O3/c8-6-4-2-1-3-5-7-9;1-2-6(3-7,4-8)5-9;4-1-3(6)2-5/h8-9H,1-7H2;7-9H,2-5H2,1H3;3-6H,1-2H2. The van der Waals surface area contributed by atoms with Crippen LogP contribution in [0.15, 0.2) is 0 Å². The van der Waals surface area contributed by atoms with Gasteiger partial charge in [0.15, 0.2) is 0 Å². The Kier molecular flexibility index (Phi) is 26.9. The van der Waals surface area contributed by atoms with Crippen LogP contribution in [0.2, 0.25) is 0 Å². The molecule has 0 aromatic heterocycles. The molecule has 0 unspecified atom stereocenters. The number of rotatable bonds is 12. The minimum atomic E-state index is -0.954. The number of aliphatic hydroxyl groups is 8. The molecule has 0 aliphatic heterocycles. The average Bonchev–Trinajstić information content (AvgIpc) is 2.64. The third kappa shape index (κ3) is 19.7. The molecule has 0 aromatic rings. The third-order valence-corrected chi connectivity index (χ3v) is 3.49. The highest BCUT2D eigenvalue weighted by Crippen LogP contribution is 2.18. The van der Waals surface area contributed by atoms with Crippen molar-refractivity contribution in [1.29, 1.82) is 0 Å². The maximum atomic E-state index is 8.66. The van der Waals surface area contributed by atoms with Crippen LogP contribution in [-0.4, -0.2) is 93.2 Å². The van der Waals surface area contributed by atoms with E-state index in [1.165, 1.54) is 0 Å². The van der Waals surface area contributed by atoms with E-state index in [0.717, 1.165) is 32.1 Å². The first-order valence-electron chi connectivity index (χ1n) is 8.41. The fraction of sp³-hybridized carbons (Fsp3) is 1.00. The van der Waals surface area contributed by atoms with Crippen molar-refractivity contribution in [3.63, 3.8) is 0 Å². The Morgan fingerprint density at radius 3 is 1.08 bits per heavy atom. The minimum absolute atomic E-state index is 0.156. The average molecular weight is 358 g/mol. The lowest BCUT2D eigenvalue weighted by molar-refractivity contribution is 0.00304. The van der Waals surface area contributed by atoms with Gasteiger partial charge in [-0.05, 0) is 19.3 Å². The van der Waals surface area contributed by atoms with Crippen molar-refractivity contribution >= 4 is 0 Å². The summed E-state index contributed by atoms with van der Waals surface area (Å²) in [6.45, 7) is 1.23. The number of aliphatic hydroxyl groups excluding tert-OH is 8. The minimum Gasteiger partial charge on any atom is -0.396 e. The Labute approximate surface area is 145 Å². The fourth-order valence-corrected chi connectivity index (χ4v) is 1.30. The van der Waals surface area contributed by atoms with Crippen molar-refractivity contribution in [1.82, 2.24) is 0 Å². The normalized spacial score (nSPS) is 10.8. The molecule has 0 atom stereocenters. The molecule has 0 radical (unpaired) electrons. The quantitative estimate of drug-likeness (QED) is 0.198. The highest BCUT2D eigenvalue weighted by molar-refractivity contribution is 4.74. The van der Waals surface area contributed by atoms with Gasteiger partial charge in [0.05, 0.1) is 33.0 Å². The molecular formula is C16H38O8. The van der Waals surface area contributed by atoms with Crippen molar-refractivity contribution in [3.05, 3.63) is 0 Å². The number of hydrogen-bond acceptors (Lipinski definition) is 8. The maximum Gasteiger partial charge on any atom is 0.100 e. The molecule has 0 spiro atoms. The van der Waals surface area contributed by atoms with Crippen molar-refractivity contribution in [2.45, 2.75) is 51.6 Å². The van der Waals surface area contributed by atoms with Crippen LogP contribution in [0.25, 0.3) is 0 Å². The Balaban J connectivity index is -0.000000282. The molecule has 0 aliphatic carbocycles. The molecule has 8 heteroatoms. The molecule has 0 rings (SSSR count). The van der Waals surface area contributed by atoms with Gasteiger partial charge in [0.2, 0.25) is 0 Å². The molecule has 8 N–H and O–H groups in total. The van der Waals surface area contributed by atoms with Crippen LogP contribution in [-0.2, 0) is 0 Å². The van der Waals surface area contributed by atoms with Gasteiger partial charge in [-0.2, -0.15) is 0 Å². The molecule has 0 amide bonds. The SMILES string of the molecule is CCC(CO)(CO)CO.OCC(O)CO.OCCCCCCCO. The van der Waals surface area contributed by atoms with E-state index in [1.54, 1.807) is 0 Å². The zero-order valence-electron chi connectivity index (χ0n) is 14.8. The molecule has 0 saturated heterocycles. The Hall–Kier alpha value is -0.320. The third-order valence-electron chi connectivity index (χ3n) is 3.49. The molecule has 0 aromatic carbocycles. The van der Waals surface area contributed by atoms with Gasteiger partial charge in [0.1, 0.15) is 6.10 Å². The van der Waals surface area contributed by atoms with Crippen LogP contribution in [0.3, 0.4) is 0 Å². The zero-order chi connectivity index (χ0) is 19.3. The zero-order valence-corrected chi connectivity index (χ0v) is 14.8. The molecule has 0 aliphatic rings. The number of unbranched alkanes of at least 4 members (excludes halogenated alkanes) is 4. The summed E-state index contributed by atoms with van der Waals surface area (Å²) in [6, 6.07) is 0. The molecular weight excluding hydrogens is 320 g/mol. The molecule has 0 heterocycles. The predicted molar refractivity (Wildman–Crippen MR) is 91.4 cm³/mol. The summed E-state index contributed by atoms with van der Waals surface area (Å²) in [6.07, 6.45) is 4.78. The first-order chi connectivity index (χ1) is 11.5. The molecule has 0 saturated carbocycles. The van der Waals surface area contributed by atoms with Crippen molar-refractivity contribution in [3.8, 4) is 0 Å². The Morgan fingerprint density at radius 1 is 0.625 bits per heavy atom. The van der Waals surface area contributed by atoms with Gasteiger partial charge in [-0.1, -0.05) is 26.2 Å². The van der Waals surface area contributed by atoms with Gasteiger partial charge in [-0.15, -0.1) is 0 Å². The van der Waals surface area contributed by atoms with Crippen LogP contribution in [0.4, 0.5) is 0 Å². The maximum absolute atomic E-state index is 8.66. The summed E-state index contributed by atoms with van der Waals surface area (Å²) in [4.78, 5) is 0. The summed E-state index contributed by atoms with van der Waals surface area (Å²) in [5.41, 5.74) is -0.667. The highest BCUT2D eigenvalue weighted by atomic mass is 16.3. The summed E-state index contributed by atoms with van der Waals surface area (Å²) < 4.78 is 0. The van der Waals surface area contributed by atoms with Crippen molar-refractivity contribution in [2.75, 3.05) is 46.2 Å². The monoisotopic (exact) mass is 358 g/mol. The predicted octanol–water partition coefficient (Wildman–Crippen LogP) is -1.39. The van der Waals surface area contributed by atoms with Crippen molar-refractivity contribution < 1.29 is 40.9 Å². The van der Waals surface area contributed by atoms with E-state index in [0.29, 0.717) is 19.6 Å². The smallest absolute Gasteiger partial charge is 0.100 e. The van der Waals surface area contributed by atoms with Gasteiger partial charge in [-0.3, -0.25) is 0 Å². The van der Waals surface area contributed by atoms with Gasteiger partial charge in [-0.25, -0.2) is 0 Å². The van der Waals surface area contributed by atoms with Gasteiger partial charge in [0, 0.05) is 18.6 Å². The van der Waals surface area contributed by atoms with Crippen LogP contribution in [0, 0.1) is 5.41 Å². The number of hydrogen-bond donors (Lipinski definition) is 8. The lowest BCUT2D eigenvalue weighted by Gasteiger charge is -2.24. The summed E-state index contributed by atoms with van der Waals surface area (Å²) in [5, 5.41) is 66.7. The lowest BCUT2D eigenvalue weighted by atomic mass is 9.88. The van der Waals surface area contributed by atoms with E-state index in [2.05, 4.69) is 0 Å². The fourth-order valence-electron chi connectivity index (χ4n) is 1.30. The van der Waals surface area contributed by atoms with Crippen LogP contribution in [0.1, 0.15) is 45.4 Å². The second-order valence-corrected chi connectivity index (χ2v) is 5.56. The van der Waals surface area contributed by atoms with E-state index in [9.17, 15) is 0 Å². The lowest BCUT2D eigenvalue weighted by Crippen LogP contribution is -2.32. The van der Waals surface area contributed by atoms with Crippen molar-refractivity contribution in [2.24, 2.45) is 5.41 Å². The molecule has 24 heavy (non-hydrogen) atoms. The molecule has 0 bridgehead atoms. The molecule has 150 valence electrons. The van der Waals surface area contributed by atoms with Gasteiger partial charge >= 0.3 is 0 Å². The van der Waals surface area contributed by atoms with E-state index in [-0.39, 0.29) is 33.0 Å². The summed E-state index contributed by atoms with van der Waals surface area (Å²) in [5.74, 6) is 0. The molecule has 8 nitrogen and oxygen atoms in total. The van der Waals surface area contributed by atoms with Crippen LogP contribution < -0.4 is 0 Å². The first-order valence-corrected chi connectivity index (χ1v) is 8.41. The van der Waals surface area contributed by atoms with E-state index >= 15 is 0 Å². The topological polar surface area (TPSA) is 162 Å². The van der Waals surface area contributed by atoms with E-state index < -0.39 is 11.5 Å². The Morgan fingerprint density at radius 2 is 0.958 bits per heavy atom. The van der Waals surface area contributed by atoms with Gasteiger partial charge < -0.3 is 40.9 Å². The Bertz CT molecular complexity index is 185.